The van der Waals surface area contributed by atoms with Crippen LogP contribution in [0.2, 0.25) is 5.02 Å². The summed E-state index contributed by atoms with van der Waals surface area (Å²) in [6.07, 6.45) is 2.80. The van der Waals surface area contributed by atoms with Gasteiger partial charge < -0.3 is 10.2 Å². The maximum absolute atomic E-state index is 13.0. The average Bonchev–Trinajstić information content (AvgIpc) is 3.12. The number of urea groups is 1. The first-order valence-corrected chi connectivity index (χ1v) is 12.3. The van der Waals surface area contributed by atoms with Crippen molar-refractivity contribution < 1.29 is 36.0 Å². The quantitative estimate of drug-likeness (QED) is 0.457. The highest BCUT2D eigenvalue weighted by Gasteiger charge is 2.47. The third-order valence-corrected chi connectivity index (χ3v) is 7.22. The Balaban J connectivity index is 1.53. The van der Waals surface area contributed by atoms with Crippen molar-refractivity contribution >= 4 is 50.7 Å². The fraction of sp³-hybridized carbons (Fsp3) is 0.130. The minimum Gasteiger partial charge on any atom is -0.320 e. The van der Waals surface area contributed by atoms with E-state index >= 15 is 0 Å². The predicted molar refractivity (Wildman–Crippen MR) is 127 cm³/mol. The Labute approximate surface area is 213 Å². The van der Waals surface area contributed by atoms with Gasteiger partial charge in [0.25, 0.3) is 21.7 Å². The number of imide groups is 1. The van der Waals surface area contributed by atoms with Gasteiger partial charge in [0.05, 0.1) is 39.6 Å². The van der Waals surface area contributed by atoms with E-state index < -0.39 is 38.1 Å². The SMILES string of the molecule is O=C(Nc1cnccc1CN1CC(=O)N(c2ccc(S(=O)(=O)C(F)(F)F)cc2)C1=O)c1ccccc1Cl. The number of rotatable bonds is 6. The molecule has 3 aromatic rings. The van der Waals surface area contributed by atoms with E-state index in [2.05, 4.69) is 10.3 Å². The second kappa shape index (κ2) is 9.82. The molecule has 1 aromatic heterocycles. The molecule has 0 bridgehead atoms. The van der Waals surface area contributed by atoms with Gasteiger partial charge in [0.1, 0.15) is 6.54 Å². The fourth-order valence-electron chi connectivity index (χ4n) is 3.55. The molecule has 4 rings (SSSR count). The van der Waals surface area contributed by atoms with E-state index in [-0.39, 0.29) is 35.1 Å². The second-order valence-corrected chi connectivity index (χ2v) is 10.1. The molecule has 0 aliphatic carbocycles. The van der Waals surface area contributed by atoms with E-state index in [4.69, 9.17) is 11.6 Å². The van der Waals surface area contributed by atoms with Gasteiger partial charge >= 0.3 is 11.5 Å². The van der Waals surface area contributed by atoms with Gasteiger partial charge in [0, 0.05) is 6.20 Å². The highest BCUT2D eigenvalue weighted by atomic mass is 35.5. The van der Waals surface area contributed by atoms with Crippen LogP contribution in [0.4, 0.5) is 29.3 Å². The van der Waals surface area contributed by atoms with Crippen molar-refractivity contribution in [2.45, 2.75) is 16.9 Å². The standard InChI is InChI=1S/C23H16ClF3N4O5S/c24-18-4-2-1-3-17(18)21(33)29-19-11-28-10-9-14(19)12-30-13-20(32)31(22(30)34)15-5-7-16(8-6-15)37(35,36)23(25,26)27/h1-11H,12-13H2,(H,29,33). The number of nitrogens with one attached hydrogen (secondary N) is 1. The van der Waals surface area contributed by atoms with Crippen molar-refractivity contribution in [1.29, 1.82) is 0 Å². The first-order chi connectivity index (χ1) is 17.4. The molecule has 2 heterocycles. The minimum absolute atomic E-state index is 0.0967. The largest absolute Gasteiger partial charge is 0.501 e. The van der Waals surface area contributed by atoms with Crippen molar-refractivity contribution in [2.75, 3.05) is 16.8 Å². The lowest BCUT2D eigenvalue weighted by atomic mass is 10.1. The summed E-state index contributed by atoms with van der Waals surface area (Å²) in [5.74, 6) is -1.19. The molecule has 0 unspecified atom stereocenters. The first-order valence-electron chi connectivity index (χ1n) is 10.4. The van der Waals surface area contributed by atoms with Crippen LogP contribution in [-0.4, -0.2) is 48.2 Å². The molecule has 1 aliphatic rings. The van der Waals surface area contributed by atoms with Crippen LogP contribution in [-0.2, 0) is 21.2 Å². The topological polar surface area (TPSA) is 117 Å². The van der Waals surface area contributed by atoms with Crippen LogP contribution in [0.25, 0.3) is 0 Å². The summed E-state index contributed by atoms with van der Waals surface area (Å²) in [5, 5.41) is 2.90. The zero-order chi connectivity index (χ0) is 27.0. The van der Waals surface area contributed by atoms with Gasteiger partial charge in [-0.05, 0) is 48.0 Å². The molecule has 0 radical (unpaired) electrons. The highest BCUT2D eigenvalue weighted by molar-refractivity contribution is 7.92. The fourth-order valence-corrected chi connectivity index (χ4v) is 4.53. The predicted octanol–water partition coefficient (Wildman–Crippen LogP) is 4.25. The molecule has 0 saturated carbocycles. The molecule has 1 aliphatic heterocycles. The summed E-state index contributed by atoms with van der Waals surface area (Å²) in [6.45, 7) is -0.468. The second-order valence-electron chi connectivity index (χ2n) is 7.78. The summed E-state index contributed by atoms with van der Waals surface area (Å²) < 4.78 is 61.5. The van der Waals surface area contributed by atoms with Gasteiger partial charge in [-0.3, -0.25) is 14.6 Å². The van der Waals surface area contributed by atoms with Crippen LogP contribution < -0.4 is 10.2 Å². The van der Waals surface area contributed by atoms with Gasteiger partial charge in [0.15, 0.2) is 0 Å². The van der Waals surface area contributed by atoms with Crippen LogP contribution in [0.5, 0.6) is 0 Å². The van der Waals surface area contributed by atoms with Crippen LogP contribution >= 0.6 is 11.6 Å². The van der Waals surface area contributed by atoms with Gasteiger partial charge in [-0.15, -0.1) is 0 Å². The zero-order valence-electron chi connectivity index (χ0n) is 18.6. The summed E-state index contributed by atoms with van der Waals surface area (Å²) in [7, 11) is -5.58. The molecule has 2 aromatic carbocycles. The Morgan fingerprint density at radius 3 is 2.38 bits per heavy atom. The number of carbonyl (C=O) groups is 3. The number of alkyl halides is 3. The molecule has 9 nitrogen and oxygen atoms in total. The van der Waals surface area contributed by atoms with Crippen molar-refractivity contribution in [1.82, 2.24) is 9.88 Å². The molecule has 4 amide bonds. The number of pyridine rings is 1. The van der Waals surface area contributed by atoms with E-state index in [1.807, 2.05) is 0 Å². The molecule has 0 spiro atoms. The van der Waals surface area contributed by atoms with E-state index in [1.54, 1.807) is 24.3 Å². The lowest BCUT2D eigenvalue weighted by Crippen LogP contribution is -2.33. The van der Waals surface area contributed by atoms with Crippen molar-refractivity contribution in [2.24, 2.45) is 0 Å². The molecule has 37 heavy (non-hydrogen) atoms. The number of hydrogen-bond donors (Lipinski definition) is 1. The van der Waals surface area contributed by atoms with Crippen molar-refractivity contribution in [3.05, 3.63) is 83.1 Å². The molecule has 1 saturated heterocycles. The van der Waals surface area contributed by atoms with E-state index in [9.17, 15) is 36.0 Å². The number of amides is 4. The number of anilines is 2. The summed E-state index contributed by atoms with van der Waals surface area (Å²) in [4.78, 5) is 43.1. The van der Waals surface area contributed by atoms with E-state index in [1.165, 1.54) is 18.5 Å². The Bertz CT molecular complexity index is 1500. The number of nitrogens with zero attached hydrogens (tertiary/aromatic N) is 3. The lowest BCUT2D eigenvalue weighted by Gasteiger charge is -2.19. The minimum atomic E-state index is -5.58. The molecule has 0 atom stereocenters. The summed E-state index contributed by atoms with van der Waals surface area (Å²) in [5.41, 5.74) is -4.65. The first kappa shape index (κ1) is 26.1. The van der Waals surface area contributed by atoms with Crippen LogP contribution in [0.15, 0.2) is 71.9 Å². The van der Waals surface area contributed by atoms with Crippen molar-refractivity contribution in [3.8, 4) is 0 Å². The smallest absolute Gasteiger partial charge is 0.320 e. The maximum atomic E-state index is 13.0. The van der Waals surface area contributed by atoms with E-state index in [0.29, 0.717) is 17.7 Å². The van der Waals surface area contributed by atoms with Crippen LogP contribution in [0, 0.1) is 0 Å². The third kappa shape index (κ3) is 5.13. The number of sulfone groups is 1. The third-order valence-electron chi connectivity index (χ3n) is 5.39. The Hall–Kier alpha value is -3.97. The number of halogens is 4. The van der Waals surface area contributed by atoms with Gasteiger partial charge in [-0.25, -0.2) is 18.1 Å². The molecule has 1 fully saturated rings. The Morgan fingerprint density at radius 2 is 1.73 bits per heavy atom. The molecule has 192 valence electrons. The maximum Gasteiger partial charge on any atom is 0.501 e. The highest BCUT2D eigenvalue weighted by Crippen LogP contribution is 2.32. The summed E-state index contributed by atoms with van der Waals surface area (Å²) in [6, 6.07) is 10.4. The number of benzene rings is 2. The van der Waals surface area contributed by atoms with Crippen LogP contribution in [0.3, 0.4) is 0 Å². The summed E-state index contributed by atoms with van der Waals surface area (Å²) >= 11 is 6.07. The van der Waals surface area contributed by atoms with Gasteiger partial charge in [-0.2, -0.15) is 13.2 Å². The van der Waals surface area contributed by atoms with Gasteiger partial charge in [-0.1, -0.05) is 23.7 Å². The number of hydrogen-bond acceptors (Lipinski definition) is 6. The monoisotopic (exact) mass is 552 g/mol. The Kier molecular flexibility index (Phi) is 6.93. The van der Waals surface area contributed by atoms with Gasteiger partial charge in [0.2, 0.25) is 0 Å². The number of carbonyl (C=O) groups excluding carboxylic acids is 3. The normalized spacial score (nSPS) is 14.3. The Morgan fingerprint density at radius 1 is 1.05 bits per heavy atom. The lowest BCUT2D eigenvalue weighted by molar-refractivity contribution is -0.116. The average molecular weight is 553 g/mol. The van der Waals surface area contributed by atoms with Crippen molar-refractivity contribution in [3.63, 3.8) is 0 Å². The zero-order valence-corrected chi connectivity index (χ0v) is 20.1. The van der Waals surface area contributed by atoms with E-state index in [0.717, 1.165) is 21.9 Å². The molecular formula is C23H16ClF3N4O5S. The molecular weight excluding hydrogens is 537 g/mol. The molecule has 14 heteroatoms. The molecule has 1 N–H and O–H groups in total. The number of aromatic nitrogens is 1. The van der Waals surface area contributed by atoms with Crippen LogP contribution in [0.1, 0.15) is 15.9 Å².